The summed E-state index contributed by atoms with van der Waals surface area (Å²) in [5.41, 5.74) is 10.0. The highest BCUT2D eigenvalue weighted by Crippen LogP contribution is 2.51. The lowest BCUT2D eigenvalue weighted by atomic mass is 9.88. The fourth-order valence-electron chi connectivity index (χ4n) is 4.56. The number of benzene rings is 1. The molecule has 1 aliphatic heterocycles. The summed E-state index contributed by atoms with van der Waals surface area (Å²) >= 11 is 0. The van der Waals surface area contributed by atoms with Gasteiger partial charge in [-0.25, -0.2) is 8.97 Å². The predicted octanol–water partition coefficient (Wildman–Crippen LogP) is 2.49. The lowest BCUT2D eigenvalue weighted by Gasteiger charge is -2.26. The highest BCUT2D eigenvalue weighted by Gasteiger charge is 2.50. The normalized spacial score (nSPS) is 24.5. The zero-order valence-corrected chi connectivity index (χ0v) is 19.7. The fourth-order valence-corrected chi connectivity index (χ4v) is 4.56. The lowest BCUT2D eigenvalue weighted by molar-refractivity contribution is -0.501. The summed E-state index contributed by atoms with van der Waals surface area (Å²) in [5.74, 6) is 0. The highest BCUT2D eigenvalue weighted by molar-refractivity contribution is 5.81. The smallest absolute Gasteiger partial charge is 0.273 e. The number of nitrogens with two attached hydrogens (primary N) is 1. The molecule has 2 aliphatic rings. The van der Waals surface area contributed by atoms with Crippen LogP contribution in [-0.4, -0.2) is 60.6 Å². The van der Waals surface area contributed by atoms with Crippen LogP contribution in [-0.2, 0) is 10.2 Å². The molecular formula is C25H38FN5O2+2. The van der Waals surface area contributed by atoms with Crippen LogP contribution >= 0.6 is 0 Å². The molecule has 0 amide bonds. The Balaban J connectivity index is 1.56. The van der Waals surface area contributed by atoms with Crippen LogP contribution in [0.2, 0.25) is 0 Å². The van der Waals surface area contributed by atoms with Gasteiger partial charge in [-0.05, 0) is 37.5 Å². The van der Waals surface area contributed by atoms with Crippen LogP contribution in [0.25, 0.3) is 0 Å². The quantitative estimate of drug-likeness (QED) is 0.268. The lowest BCUT2D eigenvalue weighted by Crippen LogP contribution is -2.39. The summed E-state index contributed by atoms with van der Waals surface area (Å²) in [5, 5.41) is 23.0. The molecule has 0 aromatic heterocycles. The highest BCUT2D eigenvalue weighted by atomic mass is 19.1. The number of rotatable bonds is 11. The molecule has 2 fully saturated rings. The van der Waals surface area contributed by atoms with E-state index < -0.39 is 13.0 Å². The van der Waals surface area contributed by atoms with Gasteiger partial charge in [0.1, 0.15) is 26.7 Å². The van der Waals surface area contributed by atoms with Crippen molar-refractivity contribution in [2.75, 3.05) is 32.1 Å². The van der Waals surface area contributed by atoms with E-state index >= 15 is 0 Å². The van der Waals surface area contributed by atoms with Crippen LogP contribution in [0.4, 0.5) is 10.1 Å². The molecule has 1 aromatic rings. The van der Waals surface area contributed by atoms with Crippen molar-refractivity contribution in [1.82, 2.24) is 5.32 Å². The van der Waals surface area contributed by atoms with E-state index in [-0.39, 0.29) is 17.6 Å². The summed E-state index contributed by atoms with van der Waals surface area (Å²) in [6.07, 6.45) is 5.81. The number of hydrogen-bond donors (Lipinski definition) is 3. The summed E-state index contributed by atoms with van der Waals surface area (Å²) in [4.78, 5) is 0. The average Bonchev–Trinajstić information content (AvgIpc) is 3.59. The van der Waals surface area contributed by atoms with Gasteiger partial charge in [-0.1, -0.05) is 12.1 Å². The molecule has 1 saturated heterocycles. The monoisotopic (exact) mass is 459 g/mol. The van der Waals surface area contributed by atoms with Crippen LogP contribution in [0.15, 0.2) is 36.2 Å². The molecule has 180 valence electrons. The molecule has 0 spiro atoms. The molecule has 3 atom stereocenters. The molecule has 1 saturated carbocycles. The number of ether oxygens (including phenoxy) is 1. The van der Waals surface area contributed by atoms with Gasteiger partial charge in [-0.3, -0.25) is 0 Å². The largest absolute Gasteiger partial charge is 0.421 e. The first kappa shape index (κ1) is 25.0. The van der Waals surface area contributed by atoms with E-state index in [1.165, 1.54) is 5.71 Å². The maximum Gasteiger partial charge on any atom is 0.273 e. The molecule has 1 aliphatic carbocycles. The SMILES string of the molecule is CC1CC(=[N+](C)CC/C(N)=C/N[C@H](CF)C2(c3ccc(NCCC#N)cc3)CC2)C[C@H]([OH2+])O1. The number of hydrogen-bond acceptors (Lipinski definition) is 5. The van der Waals surface area contributed by atoms with Gasteiger partial charge in [-0.2, -0.15) is 5.26 Å². The summed E-state index contributed by atoms with van der Waals surface area (Å²) in [7, 11) is 2.03. The van der Waals surface area contributed by atoms with E-state index in [1.54, 1.807) is 6.20 Å². The Morgan fingerprint density at radius 3 is 2.73 bits per heavy atom. The van der Waals surface area contributed by atoms with Crippen LogP contribution in [0.1, 0.15) is 51.0 Å². The minimum absolute atomic E-state index is 0.0655. The van der Waals surface area contributed by atoms with Crippen molar-refractivity contribution in [2.24, 2.45) is 5.73 Å². The zero-order chi connectivity index (χ0) is 23.8. The van der Waals surface area contributed by atoms with E-state index in [9.17, 15) is 4.39 Å². The minimum atomic E-state index is -0.497. The number of nitrogens with one attached hydrogen (secondary N) is 2. The van der Waals surface area contributed by atoms with Crippen molar-refractivity contribution in [1.29, 1.82) is 5.26 Å². The van der Waals surface area contributed by atoms with Crippen molar-refractivity contribution >= 4 is 11.4 Å². The van der Waals surface area contributed by atoms with E-state index in [0.29, 0.717) is 31.5 Å². The second-order valence-corrected chi connectivity index (χ2v) is 9.24. The van der Waals surface area contributed by atoms with Crippen molar-refractivity contribution in [3.8, 4) is 6.07 Å². The zero-order valence-electron chi connectivity index (χ0n) is 19.7. The van der Waals surface area contributed by atoms with E-state index in [2.05, 4.69) is 33.4 Å². The summed E-state index contributed by atoms with van der Waals surface area (Å²) in [6, 6.07) is 9.91. The van der Waals surface area contributed by atoms with Crippen LogP contribution in [0.5, 0.6) is 0 Å². The number of anilines is 1. The van der Waals surface area contributed by atoms with Gasteiger partial charge in [0.05, 0.1) is 31.1 Å². The Labute approximate surface area is 196 Å². The number of nitrogens with zero attached hydrogens (tertiary/aromatic N) is 2. The Morgan fingerprint density at radius 2 is 2.12 bits per heavy atom. The molecule has 1 unspecified atom stereocenters. The third-order valence-corrected chi connectivity index (χ3v) is 6.72. The standard InChI is InChI=1S/C25H37FN5O2/c1-18-14-22(15-24(32)33-18)31(2)13-8-20(28)17-30-23(16-26)25(9-10-25)19-4-6-21(7-5-19)29-12-3-11-27/h4-7,17-18,23-24,29-30,32H,3,8-10,12-16,28H2,1-2H3/q+1/p+1/b20-17-,31-22?/t18?,23-,24-/m1/s1. The van der Waals surface area contributed by atoms with E-state index in [4.69, 9.17) is 20.8 Å². The molecule has 0 radical (unpaired) electrons. The first-order chi connectivity index (χ1) is 15.9. The first-order valence-electron chi connectivity index (χ1n) is 11.8. The molecule has 0 bridgehead atoms. The van der Waals surface area contributed by atoms with Crippen molar-refractivity contribution < 1.29 is 18.8 Å². The van der Waals surface area contributed by atoms with Gasteiger partial charge in [0.25, 0.3) is 6.29 Å². The summed E-state index contributed by atoms with van der Waals surface area (Å²) < 4.78 is 21.7. The Bertz CT molecular complexity index is 877. The van der Waals surface area contributed by atoms with Crippen molar-refractivity contribution in [3.05, 3.63) is 41.7 Å². The van der Waals surface area contributed by atoms with Crippen LogP contribution < -0.4 is 16.4 Å². The third kappa shape index (κ3) is 6.68. The number of halogens is 1. The topological polar surface area (TPSA) is 109 Å². The molecule has 3 rings (SSSR count). The predicted molar refractivity (Wildman–Crippen MR) is 129 cm³/mol. The maximum atomic E-state index is 14.0. The van der Waals surface area contributed by atoms with Gasteiger partial charge < -0.3 is 26.2 Å². The first-order valence-corrected chi connectivity index (χ1v) is 11.8. The van der Waals surface area contributed by atoms with Gasteiger partial charge in [0, 0.05) is 36.0 Å². The van der Waals surface area contributed by atoms with Gasteiger partial charge in [0.2, 0.25) is 0 Å². The average molecular weight is 460 g/mol. The summed E-state index contributed by atoms with van der Waals surface area (Å²) in [6.45, 7) is 2.90. The van der Waals surface area contributed by atoms with Crippen molar-refractivity contribution in [2.45, 2.75) is 69.3 Å². The van der Waals surface area contributed by atoms with Gasteiger partial charge >= 0.3 is 0 Å². The van der Waals surface area contributed by atoms with Crippen LogP contribution in [0.3, 0.4) is 0 Å². The van der Waals surface area contributed by atoms with Crippen LogP contribution in [0, 0.1) is 11.3 Å². The second kappa shape index (κ2) is 11.5. The molecular weight excluding hydrogens is 421 g/mol. The molecule has 7 nitrogen and oxygen atoms in total. The maximum absolute atomic E-state index is 14.0. The number of nitriles is 1. The Kier molecular flexibility index (Phi) is 8.70. The van der Waals surface area contributed by atoms with E-state index in [1.807, 2.05) is 26.1 Å². The second-order valence-electron chi connectivity index (χ2n) is 9.24. The third-order valence-electron chi connectivity index (χ3n) is 6.72. The minimum Gasteiger partial charge on any atom is -0.421 e. The van der Waals surface area contributed by atoms with E-state index in [0.717, 1.165) is 37.1 Å². The number of alkyl halides is 1. The molecule has 1 heterocycles. The van der Waals surface area contributed by atoms with Crippen molar-refractivity contribution in [3.63, 3.8) is 0 Å². The Hall–Kier alpha value is -2.63. The molecule has 8 heteroatoms. The molecule has 1 aromatic carbocycles. The molecule has 33 heavy (non-hydrogen) atoms. The fraction of sp³-hybridized carbons (Fsp3) is 0.600. The Morgan fingerprint density at radius 1 is 1.39 bits per heavy atom. The van der Waals surface area contributed by atoms with Gasteiger partial charge in [0.15, 0.2) is 5.71 Å². The van der Waals surface area contributed by atoms with Gasteiger partial charge in [-0.15, -0.1) is 0 Å². The molecule has 6 N–H and O–H groups in total.